The lowest BCUT2D eigenvalue weighted by atomic mass is 10.1. The lowest BCUT2D eigenvalue weighted by Crippen LogP contribution is -2.38. The molecule has 2 heterocycles. The molecule has 0 bridgehead atoms. The fourth-order valence-electron chi connectivity index (χ4n) is 2.42. The van der Waals surface area contributed by atoms with Crippen molar-refractivity contribution in [2.75, 3.05) is 0 Å². The zero-order chi connectivity index (χ0) is 18.7. The molecule has 0 aliphatic carbocycles. The quantitative estimate of drug-likeness (QED) is 0.743. The van der Waals surface area contributed by atoms with Crippen molar-refractivity contribution in [3.63, 3.8) is 0 Å². The third-order valence-corrected chi connectivity index (χ3v) is 3.79. The van der Waals surface area contributed by atoms with Crippen molar-refractivity contribution >= 4 is 5.91 Å². The fraction of sp³-hybridized carbons (Fsp3) is 0.167. The van der Waals surface area contributed by atoms with Crippen LogP contribution in [0.3, 0.4) is 0 Å². The van der Waals surface area contributed by atoms with Gasteiger partial charge in [-0.1, -0.05) is 35.9 Å². The maximum Gasteiger partial charge on any atom is 0.412 e. The third kappa shape index (κ3) is 3.90. The molecule has 26 heavy (non-hydrogen) atoms. The highest BCUT2D eigenvalue weighted by atomic mass is 19.4. The van der Waals surface area contributed by atoms with Crippen molar-refractivity contribution in [1.82, 2.24) is 20.5 Å². The lowest BCUT2D eigenvalue weighted by molar-refractivity contribution is -0.155. The number of aryl methyl sites for hydroxylation is 1. The zero-order valence-corrected chi connectivity index (χ0v) is 13.7. The predicted molar refractivity (Wildman–Crippen MR) is 89.3 cm³/mol. The molecular weight excluding hydrogens is 345 g/mol. The van der Waals surface area contributed by atoms with E-state index in [4.69, 9.17) is 0 Å². The van der Waals surface area contributed by atoms with Gasteiger partial charge >= 0.3 is 6.18 Å². The van der Waals surface area contributed by atoms with Gasteiger partial charge < -0.3 is 5.32 Å². The molecule has 1 aromatic carbocycles. The van der Waals surface area contributed by atoms with Crippen molar-refractivity contribution < 1.29 is 18.0 Å². The minimum Gasteiger partial charge on any atom is -0.335 e. The second kappa shape index (κ2) is 6.99. The molecule has 1 amide bonds. The number of hydrogen-bond donors (Lipinski definition) is 2. The first-order chi connectivity index (χ1) is 12.3. The van der Waals surface area contributed by atoms with Crippen LogP contribution in [0.15, 0.2) is 54.9 Å². The third-order valence-electron chi connectivity index (χ3n) is 3.79. The van der Waals surface area contributed by atoms with Gasteiger partial charge in [-0.3, -0.25) is 14.9 Å². The van der Waals surface area contributed by atoms with Crippen LogP contribution in [0.5, 0.6) is 0 Å². The Labute approximate surface area is 147 Å². The molecule has 1 atom stereocenters. The molecule has 0 aliphatic heterocycles. The molecular formula is C18H15F3N4O. The number of carbonyl (C=O) groups excluding carboxylic acids is 1. The predicted octanol–water partition coefficient (Wildman–Crippen LogP) is 3.81. The lowest BCUT2D eigenvalue weighted by Gasteiger charge is -2.21. The van der Waals surface area contributed by atoms with Gasteiger partial charge in [0.15, 0.2) is 6.04 Å². The number of aromatic amines is 1. The van der Waals surface area contributed by atoms with E-state index in [1.165, 1.54) is 24.4 Å². The number of rotatable bonds is 4. The van der Waals surface area contributed by atoms with Crippen LogP contribution >= 0.6 is 0 Å². The van der Waals surface area contributed by atoms with Crippen LogP contribution < -0.4 is 5.32 Å². The normalized spacial score (nSPS) is 12.6. The van der Waals surface area contributed by atoms with E-state index in [1.807, 2.05) is 36.5 Å². The van der Waals surface area contributed by atoms with Gasteiger partial charge in [-0.15, -0.1) is 0 Å². The van der Waals surface area contributed by atoms with Gasteiger partial charge in [-0.25, -0.2) is 0 Å². The molecule has 0 saturated heterocycles. The number of alkyl halides is 3. The summed E-state index contributed by atoms with van der Waals surface area (Å²) in [6.45, 7) is 1.93. The van der Waals surface area contributed by atoms with Gasteiger partial charge in [-0.2, -0.15) is 18.3 Å². The first kappa shape index (κ1) is 17.7. The Hall–Kier alpha value is -3.16. The number of H-pyrrole nitrogens is 1. The summed E-state index contributed by atoms with van der Waals surface area (Å²) in [6, 6.07) is 9.30. The number of amides is 1. The van der Waals surface area contributed by atoms with E-state index in [2.05, 4.69) is 15.2 Å². The van der Waals surface area contributed by atoms with E-state index in [0.29, 0.717) is 5.69 Å². The largest absolute Gasteiger partial charge is 0.412 e. The van der Waals surface area contributed by atoms with Crippen LogP contribution in [0, 0.1) is 6.92 Å². The number of nitrogens with one attached hydrogen (secondary N) is 2. The maximum atomic E-state index is 13.3. The van der Waals surface area contributed by atoms with Crippen LogP contribution in [0.2, 0.25) is 0 Å². The molecule has 8 heteroatoms. The monoisotopic (exact) mass is 360 g/mol. The van der Waals surface area contributed by atoms with Gasteiger partial charge in [0, 0.05) is 23.5 Å². The highest BCUT2D eigenvalue weighted by molar-refractivity contribution is 5.93. The number of hydrogen-bond acceptors (Lipinski definition) is 3. The van der Waals surface area contributed by atoms with E-state index in [0.717, 1.165) is 17.3 Å². The summed E-state index contributed by atoms with van der Waals surface area (Å²) in [6.07, 6.45) is -2.22. The summed E-state index contributed by atoms with van der Waals surface area (Å²) >= 11 is 0. The molecule has 3 rings (SSSR count). The summed E-state index contributed by atoms with van der Waals surface area (Å²) in [7, 11) is 0. The van der Waals surface area contributed by atoms with Gasteiger partial charge in [0.2, 0.25) is 0 Å². The van der Waals surface area contributed by atoms with Crippen LogP contribution in [-0.4, -0.2) is 27.3 Å². The highest BCUT2D eigenvalue weighted by Gasteiger charge is 2.42. The highest BCUT2D eigenvalue weighted by Crippen LogP contribution is 2.32. The Bertz CT molecular complexity index is 889. The van der Waals surface area contributed by atoms with E-state index in [9.17, 15) is 18.0 Å². The summed E-state index contributed by atoms with van der Waals surface area (Å²) in [5.41, 5.74) is 2.09. The minimum atomic E-state index is -4.65. The second-order valence-electron chi connectivity index (χ2n) is 5.77. The van der Waals surface area contributed by atoms with Crippen molar-refractivity contribution in [2.45, 2.75) is 19.1 Å². The molecule has 0 fully saturated rings. The number of carbonyl (C=O) groups is 1. The molecule has 0 radical (unpaired) electrons. The van der Waals surface area contributed by atoms with Crippen molar-refractivity contribution in [3.8, 4) is 11.3 Å². The smallest absolute Gasteiger partial charge is 0.335 e. The minimum absolute atomic E-state index is 0.0567. The summed E-state index contributed by atoms with van der Waals surface area (Å²) in [5, 5.41) is 8.47. The molecule has 5 nitrogen and oxygen atoms in total. The molecule has 134 valence electrons. The maximum absolute atomic E-state index is 13.3. The summed E-state index contributed by atoms with van der Waals surface area (Å²) in [4.78, 5) is 15.9. The molecule has 3 aromatic rings. The van der Waals surface area contributed by atoms with Crippen LogP contribution in [0.4, 0.5) is 13.2 Å². The zero-order valence-electron chi connectivity index (χ0n) is 13.7. The molecule has 0 unspecified atom stereocenters. The van der Waals surface area contributed by atoms with E-state index >= 15 is 0 Å². The van der Waals surface area contributed by atoms with Gasteiger partial charge in [0.1, 0.15) is 5.69 Å². The Kier molecular flexibility index (Phi) is 4.75. The topological polar surface area (TPSA) is 70.7 Å². The fourth-order valence-corrected chi connectivity index (χ4v) is 2.42. The average Bonchev–Trinajstić information content (AvgIpc) is 3.10. The molecule has 0 saturated carbocycles. The van der Waals surface area contributed by atoms with Crippen molar-refractivity contribution in [3.05, 3.63) is 71.7 Å². The Morgan fingerprint density at radius 1 is 1.19 bits per heavy atom. The van der Waals surface area contributed by atoms with Gasteiger partial charge in [0.05, 0.1) is 5.69 Å². The van der Waals surface area contributed by atoms with Gasteiger partial charge in [0.25, 0.3) is 5.91 Å². The Morgan fingerprint density at radius 3 is 2.54 bits per heavy atom. The second-order valence-corrected chi connectivity index (χ2v) is 5.77. The SMILES string of the molecule is Cc1ccc(-c2cc(C(=O)N[C@@H](c3cccnc3)C(F)(F)F)[nH]n2)cc1. The number of halogens is 3. The summed E-state index contributed by atoms with van der Waals surface area (Å²) in [5.74, 6) is -0.901. The van der Waals surface area contributed by atoms with E-state index in [-0.39, 0.29) is 11.3 Å². The van der Waals surface area contributed by atoms with Crippen LogP contribution in [0.1, 0.15) is 27.7 Å². The summed E-state index contributed by atoms with van der Waals surface area (Å²) < 4.78 is 40.0. The van der Waals surface area contributed by atoms with E-state index < -0.39 is 18.1 Å². The van der Waals surface area contributed by atoms with Crippen molar-refractivity contribution in [2.24, 2.45) is 0 Å². The molecule has 2 N–H and O–H groups in total. The van der Waals surface area contributed by atoms with Crippen LogP contribution in [-0.2, 0) is 0 Å². The average molecular weight is 360 g/mol. The Balaban J connectivity index is 1.81. The molecule has 0 spiro atoms. The van der Waals surface area contributed by atoms with Crippen molar-refractivity contribution in [1.29, 1.82) is 0 Å². The first-order valence-electron chi connectivity index (χ1n) is 7.74. The number of nitrogens with zero attached hydrogens (tertiary/aromatic N) is 2. The number of pyridine rings is 1. The Morgan fingerprint density at radius 2 is 1.92 bits per heavy atom. The molecule has 2 aromatic heterocycles. The number of benzene rings is 1. The standard InChI is InChI=1S/C18H15F3N4O/c1-11-4-6-12(7-5-11)14-9-15(25-24-14)17(26)23-16(18(19,20)21)13-3-2-8-22-10-13/h2-10,16H,1H3,(H,23,26)(H,24,25)/t16-/m0/s1. The number of aromatic nitrogens is 3. The van der Waals surface area contributed by atoms with E-state index in [1.54, 1.807) is 0 Å². The van der Waals surface area contributed by atoms with Crippen LogP contribution in [0.25, 0.3) is 11.3 Å². The first-order valence-corrected chi connectivity index (χ1v) is 7.74. The van der Waals surface area contributed by atoms with Gasteiger partial charge in [-0.05, 0) is 19.1 Å². The molecule has 0 aliphatic rings.